The smallest absolute Gasteiger partial charge is 0.748 e. The zero-order valence-electron chi connectivity index (χ0n) is 18.8. The summed E-state index contributed by atoms with van der Waals surface area (Å²) in [6.45, 7) is 1.72. The first-order valence-electron chi connectivity index (χ1n) is 11.6. The molecule has 0 aromatic rings. The number of hydrogen-bond acceptors (Lipinski definition) is 4. The van der Waals surface area contributed by atoms with Crippen molar-refractivity contribution in [2.45, 2.75) is 134 Å². The fourth-order valence-electron chi connectivity index (χ4n) is 3.60. The Hall–Kier alpha value is 0.870. The van der Waals surface area contributed by atoms with Crippen LogP contribution in [0.15, 0.2) is 0 Å². The van der Waals surface area contributed by atoms with Crippen LogP contribution in [0.1, 0.15) is 129 Å². The third-order valence-electron chi connectivity index (χ3n) is 5.49. The quantitative estimate of drug-likeness (QED) is 0.173. The molecule has 1 atom stereocenters. The van der Waals surface area contributed by atoms with E-state index < -0.39 is 22.0 Å². The summed E-state index contributed by atoms with van der Waals surface area (Å²) in [5, 5.41) is 7.81. The van der Waals surface area contributed by atoms with Gasteiger partial charge in [-0.15, -0.1) is 0 Å². The summed E-state index contributed by atoms with van der Waals surface area (Å²) >= 11 is 0. The van der Waals surface area contributed by atoms with Crippen molar-refractivity contribution >= 4 is 10.1 Å². The Labute approximate surface area is 197 Å². The minimum absolute atomic E-state index is 0. The molecule has 1 N–H and O–H groups in total. The van der Waals surface area contributed by atoms with Crippen LogP contribution in [0.4, 0.5) is 0 Å². The molecular formula is C22H45NaO4S. The number of rotatable bonds is 21. The van der Waals surface area contributed by atoms with Gasteiger partial charge in [-0.1, -0.05) is 122 Å². The Morgan fingerprint density at radius 2 is 0.929 bits per heavy atom. The zero-order valence-corrected chi connectivity index (χ0v) is 21.6. The van der Waals surface area contributed by atoms with Gasteiger partial charge < -0.3 is 9.66 Å². The monoisotopic (exact) mass is 428 g/mol. The van der Waals surface area contributed by atoms with Gasteiger partial charge in [0.25, 0.3) is 0 Å². The van der Waals surface area contributed by atoms with Crippen molar-refractivity contribution in [1.82, 2.24) is 0 Å². The minimum atomic E-state index is -4.34. The Bertz CT molecular complexity index is 401. The van der Waals surface area contributed by atoms with Crippen LogP contribution in [0.2, 0.25) is 0 Å². The van der Waals surface area contributed by atoms with Crippen LogP contribution in [0.25, 0.3) is 0 Å². The van der Waals surface area contributed by atoms with Gasteiger partial charge >= 0.3 is 29.6 Å². The summed E-state index contributed by atoms with van der Waals surface area (Å²) in [5.41, 5.74) is 0. The largest absolute Gasteiger partial charge is 1.00 e. The van der Waals surface area contributed by atoms with Gasteiger partial charge in [0.15, 0.2) is 0 Å². The number of hydrogen-bond donors (Lipinski definition) is 1. The Kier molecular flexibility index (Phi) is 25.0. The summed E-state index contributed by atoms with van der Waals surface area (Å²) in [5.74, 6) is 0. The summed E-state index contributed by atoms with van der Waals surface area (Å²) in [7, 11) is -4.34. The van der Waals surface area contributed by atoms with Gasteiger partial charge in [-0.25, -0.2) is 8.42 Å². The van der Waals surface area contributed by atoms with E-state index in [-0.39, 0.29) is 29.6 Å². The second-order valence-electron chi connectivity index (χ2n) is 8.10. The molecule has 164 valence electrons. The molecule has 0 aliphatic heterocycles. The van der Waals surface area contributed by atoms with E-state index in [0.29, 0.717) is 12.8 Å². The molecule has 0 spiro atoms. The molecule has 4 nitrogen and oxygen atoms in total. The van der Waals surface area contributed by atoms with Crippen LogP contribution < -0.4 is 29.6 Å². The predicted octanol–water partition coefficient (Wildman–Crippen LogP) is 3.33. The van der Waals surface area contributed by atoms with Crippen LogP contribution >= 0.6 is 0 Å². The van der Waals surface area contributed by atoms with E-state index in [1.807, 2.05) is 0 Å². The summed E-state index contributed by atoms with van der Waals surface area (Å²) < 4.78 is 32.6. The maximum Gasteiger partial charge on any atom is 1.00 e. The van der Waals surface area contributed by atoms with Crippen LogP contribution in [-0.4, -0.2) is 29.9 Å². The van der Waals surface area contributed by atoms with Gasteiger partial charge in [0, 0.05) is 0 Å². The summed E-state index contributed by atoms with van der Waals surface area (Å²) in [4.78, 5) is 0. The molecule has 0 amide bonds. The number of aliphatic hydroxyl groups excluding tert-OH is 1. The van der Waals surface area contributed by atoms with E-state index in [1.54, 1.807) is 0 Å². The van der Waals surface area contributed by atoms with E-state index in [4.69, 9.17) is 5.11 Å². The molecule has 0 saturated heterocycles. The molecule has 0 aromatic heterocycles. The molecule has 0 rings (SSSR count). The summed E-state index contributed by atoms with van der Waals surface area (Å²) in [6, 6.07) is 0. The van der Waals surface area contributed by atoms with Crippen LogP contribution in [0, 0.1) is 0 Å². The van der Waals surface area contributed by atoms with Crippen molar-refractivity contribution in [3.8, 4) is 0 Å². The molecule has 0 aromatic carbocycles. The molecule has 0 aliphatic rings. The van der Waals surface area contributed by atoms with Gasteiger partial charge in [0.1, 0.15) is 0 Å². The summed E-state index contributed by atoms with van der Waals surface area (Å²) in [6.07, 6.45) is 23.5. The fourth-order valence-corrected chi connectivity index (χ4v) is 4.24. The fraction of sp³-hybridized carbons (Fsp3) is 1.00. The van der Waals surface area contributed by atoms with E-state index in [1.165, 1.54) is 96.3 Å². The zero-order chi connectivity index (χ0) is 20.2. The van der Waals surface area contributed by atoms with Crippen molar-refractivity contribution in [2.75, 3.05) is 6.61 Å². The van der Waals surface area contributed by atoms with Crippen LogP contribution in [-0.2, 0) is 10.1 Å². The average Bonchev–Trinajstić information content (AvgIpc) is 2.62. The maximum atomic E-state index is 10.9. The molecule has 6 heteroatoms. The molecule has 0 radical (unpaired) electrons. The second kappa shape index (κ2) is 22.6. The Morgan fingerprint density at radius 3 is 1.18 bits per heavy atom. The van der Waals surface area contributed by atoms with Crippen molar-refractivity contribution in [2.24, 2.45) is 0 Å². The molecule has 28 heavy (non-hydrogen) atoms. The van der Waals surface area contributed by atoms with E-state index >= 15 is 0 Å². The van der Waals surface area contributed by atoms with Crippen molar-refractivity contribution in [3.05, 3.63) is 0 Å². The topological polar surface area (TPSA) is 77.4 Å². The third-order valence-corrected chi connectivity index (χ3v) is 6.69. The third kappa shape index (κ3) is 21.6. The van der Waals surface area contributed by atoms with Crippen LogP contribution in [0.5, 0.6) is 0 Å². The van der Waals surface area contributed by atoms with Crippen LogP contribution in [0.3, 0.4) is 0 Å². The first kappa shape index (κ1) is 31.1. The SMILES string of the molecule is CCCCCCCCCCCCCCCCCCCCC(CO)S(=O)(=O)[O-].[Na+]. The van der Waals surface area contributed by atoms with Crippen molar-refractivity contribution < 1.29 is 47.6 Å². The van der Waals surface area contributed by atoms with E-state index in [9.17, 15) is 13.0 Å². The van der Waals surface area contributed by atoms with Gasteiger partial charge in [0.2, 0.25) is 0 Å². The number of unbranched alkanes of at least 4 members (excludes halogenated alkanes) is 17. The second-order valence-corrected chi connectivity index (χ2v) is 9.75. The maximum absolute atomic E-state index is 10.9. The Balaban J connectivity index is 0. The molecule has 0 fully saturated rings. The minimum Gasteiger partial charge on any atom is -0.748 e. The predicted molar refractivity (Wildman–Crippen MR) is 114 cm³/mol. The van der Waals surface area contributed by atoms with Crippen molar-refractivity contribution in [1.29, 1.82) is 0 Å². The molecular weight excluding hydrogens is 383 g/mol. The van der Waals surface area contributed by atoms with E-state index in [2.05, 4.69) is 6.92 Å². The Morgan fingerprint density at radius 1 is 0.643 bits per heavy atom. The molecule has 0 aliphatic carbocycles. The first-order valence-corrected chi connectivity index (χ1v) is 13.0. The van der Waals surface area contributed by atoms with E-state index in [0.717, 1.165) is 12.8 Å². The standard InChI is InChI=1S/C22H46O4S.Na/c1-2-3-4-5-6-7-8-9-10-11-12-13-14-15-16-17-18-19-20-22(21-23)27(24,25)26;/h22-23H,2-21H2,1H3,(H,24,25,26);/q;+1/p-1. The number of aliphatic hydroxyl groups is 1. The van der Waals surface area contributed by atoms with Gasteiger partial charge in [-0.2, -0.15) is 0 Å². The first-order chi connectivity index (χ1) is 13.0. The average molecular weight is 429 g/mol. The van der Waals surface area contributed by atoms with Gasteiger partial charge in [-0.3, -0.25) is 0 Å². The van der Waals surface area contributed by atoms with Crippen molar-refractivity contribution in [3.63, 3.8) is 0 Å². The van der Waals surface area contributed by atoms with Gasteiger partial charge in [0.05, 0.1) is 22.0 Å². The molecule has 1 unspecified atom stereocenters. The normalized spacial score (nSPS) is 12.7. The van der Waals surface area contributed by atoms with Gasteiger partial charge in [-0.05, 0) is 6.42 Å². The molecule has 0 bridgehead atoms. The molecule has 0 heterocycles. The molecule has 0 saturated carbocycles.